The summed E-state index contributed by atoms with van der Waals surface area (Å²) in [7, 11) is 4.02. The van der Waals surface area contributed by atoms with E-state index in [9.17, 15) is 4.79 Å². The van der Waals surface area contributed by atoms with Crippen LogP contribution in [0.4, 0.5) is 0 Å². The van der Waals surface area contributed by atoms with Crippen LogP contribution in [-0.2, 0) is 18.9 Å². The summed E-state index contributed by atoms with van der Waals surface area (Å²) in [4.78, 5) is 12.9. The second-order valence-corrected chi connectivity index (χ2v) is 6.44. The summed E-state index contributed by atoms with van der Waals surface area (Å²) in [5, 5.41) is 0. The molecule has 0 radical (unpaired) electrons. The molecule has 2 aromatic heterocycles. The van der Waals surface area contributed by atoms with Crippen LogP contribution in [0.3, 0.4) is 0 Å². The predicted octanol–water partition coefficient (Wildman–Crippen LogP) is 4.22. The number of carbonyl (C=O) groups is 1. The fraction of sp³-hybridized carbons (Fsp3) is 0.350. The van der Waals surface area contributed by atoms with E-state index in [4.69, 9.17) is 0 Å². The molecule has 3 heteroatoms. The van der Waals surface area contributed by atoms with E-state index in [1.807, 2.05) is 38.6 Å². The van der Waals surface area contributed by atoms with E-state index >= 15 is 0 Å². The summed E-state index contributed by atoms with van der Waals surface area (Å²) >= 11 is 0. The number of allylic oxidation sites excluding steroid dienone is 2. The van der Waals surface area contributed by atoms with Crippen LogP contribution in [0.25, 0.3) is 12.2 Å². The Morgan fingerprint density at radius 3 is 1.83 bits per heavy atom. The zero-order valence-corrected chi connectivity index (χ0v) is 14.1. The number of nitrogens with zero attached hydrogens (tertiary/aromatic N) is 2. The Bertz CT molecular complexity index is 711. The third kappa shape index (κ3) is 3.24. The van der Waals surface area contributed by atoms with Crippen LogP contribution in [0.2, 0.25) is 0 Å². The molecule has 1 aliphatic rings. The smallest absolute Gasteiger partial charge is 0.185 e. The Morgan fingerprint density at radius 1 is 1.00 bits per heavy atom. The molecule has 3 rings (SSSR count). The number of hydrogen-bond donors (Lipinski definition) is 0. The van der Waals surface area contributed by atoms with Gasteiger partial charge in [0.1, 0.15) is 0 Å². The number of carbonyl (C=O) groups excluding carboxylic acids is 1. The highest BCUT2D eigenvalue weighted by atomic mass is 16.1. The van der Waals surface area contributed by atoms with Crippen molar-refractivity contribution >= 4 is 17.9 Å². The Morgan fingerprint density at radius 2 is 1.48 bits per heavy atom. The Kier molecular flexibility index (Phi) is 4.37. The fourth-order valence-electron chi connectivity index (χ4n) is 3.23. The summed E-state index contributed by atoms with van der Waals surface area (Å²) in [5.41, 5.74) is 4.04. The molecule has 1 aliphatic carbocycles. The van der Waals surface area contributed by atoms with Crippen molar-refractivity contribution in [1.29, 1.82) is 0 Å². The van der Waals surface area contributed by atoms with Crippen molar-refractivity contribution in [2.75, 3.05) is 0 Å². The number of rotatable bonds is 3. The molecule has 0 N–H and O–H groups in total. The highest BCUT2D eigenvalue weighted by Gasteiger charge is 2.27. The number of hydrogen-bond acceptors (Lipinski definition) is 1. The fourth-order valence-corrected chi connectivity index (χ4v) is 3.23. The molecule has 120 valence electrons. The minimum Gasteiger partial charge on any atom is -0.351 e. The van der Waals surface area contributed by atoms with Gasteiger partial charge in [-0.05, 0) is 55.2 Å². The normalized spacial score (nSPS) is 22.2. The number of ketones is 1. The van der Waals surface area contributed by atoms with Gasteiger partial charge in [-0.1, -0.05) is 13.3 Å². The predicted molar refractivity (Wildman–Crippen MR) is 94.8 cm³/mol. The van der Waals surface area contributed by atoms with E-state index < -0.39 is 0 Å². The first-order valence-electron chi connectivity index (χ1n) is 8.27. The van der Waals surface area contributed by atoms with Gasteiger partial charge in [-0.25, -0.2) is 0 Å². The number of aromatic nitrogens is 2. The Hall–Kier alpha value is -2.29. The SMILES string of the molecule is CCC1C/C(=C\c2cccn2C)C(=O)/C(=C/c2cccn2C)C1. The van der Waals surface area contributed by atoms with Crippen molar-refractivity contribution in [1.82, 2.24) is 9.13 Å². The van der Waals surface area contributed by atoms with Gasteiger partial charge in [0.25, 0.3) is 0 Å². The van der Waals surface area contributed by atoms with Gasteiger partial charge in [0, 0.05) is 49.0 Å². The van der Waals surface area contributed by atoms with Gasteiger partial charge in [0.15, 0.2) is 5.78 Å². The minimum absolute atomic E-state index is 0.206. The number of aryl methyl sites for hydroxylation is 2. The molecule has 1 fully saturated rings. The number of Topliss-reactive ketones (excluding diaryl/α,β-unsaturated/α-hetero) is 1. The van der Waals surface area contributed by atoms with Gasteiger partial charge in [-0.2, -0.15) is 0 Å². The standard InChI is InChI=1S/C20H24N2O/c1-4-15-11-16(13-18-7-5-9-21(18)2)20(23)17(12-15)14-19-8-6-10-22(19)3/h5-10,13-15H,4,11-12H2,1-3H3/b16-13+,17-14+. The van der Waals surface area contributed by atoms with Crippen molar-refractivity contribution in [3.63, 3.8) is 0 Å². The van der Waals surface area contributed by atoms with Gasteiger partial charge in [-0.15, -0.1) is 0 Å². The van der Waals surface area contributed by atoms with Crippen molar-refractivity contribution < 1.29 is 4.79 Å². The Labute approximate surface area is 137 Å². The lowest BCUT2D eigenvalue weighted by molar-refractivity contribution is -0.113. The first kappa shape index (κ1) is 15.6. The highest BCUT2D eigenvalue weighted by molar-refractivity contribution is 6.13. The molecule has 0 spiro atoms. The molecule has 2 heterocycles. The zero-order valence-electron chi connectivity index (χ0n) is 14.1. The van der Waals surface area contributed by atoms with Crippen LogP contribution in [0.15, 0.2) is 47.8 Å². The summed E-state index contributed by atoms with van der Waals surface area (Å²) in [6.07, 6.45) is 11.0. The van der Waals surface area contributed by atoms with E-state index in [2.05, 4.69) is 40.3 Å². The maximum atomic E-state index is 12.9. The van der Waals surface area contributed by atoms with E-state index in [1.54, 1.807) is 0 Å². The second-order valence-electron chi connectivity index (χ2n) is 6.44. The van der Waals surface area contributed by atoms with Crippen LogP contribution in [0, 0.1) is 5.92 Å². The molecule has 1 saturated carbocycles. The summed E-state index contributed by atoms with van der Waals surface area (Å²) in [6, 6.07) is 8.13. The average molecular weight is 308 g/mol. The lowest BCUT2D eigenvalue weighted by Crippen LogP contribution is -2.19. The van der Waals surface area contributed by atoms with E-state index in [0.29, 0.717) is 5.92 Å². The molecule has 3 nitrogen and oxygen atoms in total. The van der Waals surface area contributed by atoms with Gasteiger partial charge >= 0.3 is 0 Å². The Balaban J connectivity index is 1.97. The van der Waals surface area contributed by atoms with Crippen molar-refractivity contribution in [2.45, 2.75) is 26.2 Å². The maximum Gasteiger partial charge on any atom is 0.185 e. The van der Waals surface area contributed by atoms with Crippen molar-refractivity contribution in [2.24, 2.45) is 20.0 Å². The average Bonchev–Trinajstić information content (AvgIpc) is 3.12. The second kappa shape index (κ2) is 6.45. The van der Waals surface area contributed by atoms with Crippen LogP contribution in [-0.4, -0.2) is 14.9 Å². The summed E-state index contributed by atoms with van der Waals surface area (Å²) < 4.78 is 4.10. The molecular formula is C20H24N2O. The first-order chi connectivity index (χ1) is 11.1. The molecule has 23 heavy (non-hydrogen) atoms. The van der Waals surface area contributed by atoms with Crippen LogP contribution in [0.5, 0.6) is 0 Å². The molecule has 0 aliphatic heterocycles. The van der Waals surface area contributed by atoms with Crippen LogP contribution < -0.4 is 0 Å². The quantitative estimate of drug-likeness (QED) is 0.780. The molecule has 0 amide bonds. The molecule has 0 bridgehead atoms. The molecule has 0 unspecified atom stereocenters. The molecular weight excluding hydrogens is 284 g/mol. The lowest BCUT2D eigenvalue weighted by atomic mass is 9.79. The van der Waals surface area contributed by atoms with Gasteiger partial charge in [0.2, 0.25) is 0 Å². The molecule has 0 aromatic carbocycles. The van der Waals surface area contributed by atoms with Crippen LogP contribution >= 0.6 is 0 Å². The molecule has 0 atom stereocenters. The minimum atomic E-state index is 0.206. The third-order valence-corrected chi connectivity index (χ3v) is 4.79. The monoisotopic (exact) mass is 308 g/mol. The summed E-state index contributed by atoms with van der Waals surface area (Å²) in [6.45, 7) is 2.21. The largest absolute Gasteiger partial charge is 0.351 e. The topological polar surface area (TPSA) is 26.9 Å². The van der Waals surface area contributed by atoms with Crippen molar-refractivity contribution in [3.05, 3.63) is 59.2 Å². The zero-order chi connectivity index (χ0) is 16.4. The van der Waals surface area contributed by atoms with E-state index in [-0.39, 0.29) is 5.78 Å². The molecule has 2 aromatic rings. The lowest BCUT2D eigenvalue weighted by Gasteiger charge is -2.25. The van der Waals surface area contributed by atoms with E-state index in [1.165, 1.54) is 0 Å². The van der Waals surface area contributed by atoms with E-state index in [0.717, 1.165) is 41.8 Å². The first-order valence-corrected chi connectivity index (χ1v) is 8.27. The maximum absolute atomic E-state index is 12.9. The van der Waals surface area contributed by atoms with Gasteiger partial charge in [-0.3, -0.25) is 4.79 Å². The van der Waals surface area contributed by atoms with Crippen LogP contribution in [0.1, 0.15) is 37.6 Å². The highest BCUT2D eigenvalue weighted by Crippen LogP contribution is 2.34. The van der Waals surface area contributed by atoms with Crippen molar-refractivity contribution in [3.8, 4) is 0 Å². The van der Waals surface area contributed by atoms with Gasteiger partial charge in [0.05, 0.1) is 0 Å². The molecule has 0 saturated heterocycles. The third-order valence-electron chi connectivity index (χ3n) is 4.79. The summed E-state index contributed by atoms with van der Waals surface area (Å²) in [5.74, 6) is 0.753. The van der Waals surface area contributed by atoms with Gasteiger partial charge < -0.3 is 9.13 Å².